The lowest BCUT2D eigenvalue weighted by Gasteiger charge is -2.39. The van der Waals surface area contributed by atoms with Crippen LogP contribution in [-0.4, -0.2) is 36.6 Å². The average molecular weight is 299 g/mol. The first-order chi connectivity index (χ1) is 10.0. The van der Waals surface area contributed by atoms with Crippen molar-refractivity contribution in [2.24, 2.45) is 0 Å². The van der Waals surface area contributed by atoms with Gasteiger partial charge in [-0.05, 0) is 31.8 Å². The zero-order chi connectivity index (χ0) is 16.6. The van der Waals surface area contributed by atoms with E-state index >= 15 is 0 Å². The van der Waals surface area contributed by atoms with E-state index in [1.807, 2.05) is 0 Å². The molecule has 0 aromatic carbocycles. The summed E-state index contributed by atoms with van der Waals surface area (Å²) in [5.74, 6) is -1.23. The second kappa shape index (κ2) is 15.6. The maximum atomic E-state index is 9.14. The van der Waals surface area contributed by atoms with Crippen LogP contribution in [0.2, 0.25) is 0 Å². The minimum Gasteiger partial charge on any atom is -0.545 e. The first kappa shape index (κ1) is 22.5. The van der Waals surface area contributed by atoms with E-state index in [0.29, 0.717) is 0 Å². The van der Waals surface area contributed by atoms with Crippen molar-refractivity contribution < 1.29 is 14.4 Å². The summed E-state index contributed by atoms with van der Waals surface area (Å²) in [4.78, 5) is 9.14. The number of quaternary nitrogens is 1. The Labute approximate surface area is 132 Å². The number of carbonyl (C=O) groups is 1. The Balaban J connectivity index is 0. The van der Waals surface area contributed by atoms with Crippen molar-refractivity contribution in [3.63, 3.8) is 0 Å². The molecule has 0 bridgehead atoms. The molecule has 3 nitrogen and oxygen atoms in total. The number of rotatable bonds is 12. The van der Waals surface area contributed by atoms with Gasteiger partial charge in [0.2, 0.25) is 0 Å². The number of aliphatic carboxylic acids is 1. The molecule has 0 saturated carbocycles. The van der Waals surface area contributed by atoms with E-state index in [2.05, 4.69) is 34.3 Å². The average Bonchev–Trinajstić information content (AvgIpc) is 2.49. The van der Waals surface area contributed by atoms with Crippen molar-refractivity contribution in [3.8, 4) is 0 Å². The highest BCUT2D eigenvalue weighted by molar-refractivity contribution is 5.76. The molecule has 0 radical (unpaired) electrons. The normalized spacial score (nSPS) is 10.7. The SMILES string of the molecule is C=CC(=O)[O-].CCCC[N+](CCC)(CCCC)CCCC. The van der Waals surface area contributed by atoms with Crippen molar-refractivity contribution >= 4 is 5.97 Å². The monoisotopic (exact) mass is 299 g/mol. The highest BCUT2D eigenvalue weighted by Gasteiger charge is 2.24. The van der Waals surface area contributed by atoms with Crippen LogP contribution in [0.5, 0.6) is 0 Å². The Bertz CT molecular complexity index is 230. The Kier molecular flexibility index (Phi) is 16.6. The molecule has 0 saturated heterocycles. The van der Waals surface area contributed by atoms with Crippen LogP contribution in [0, 0.1) is 0 Å². The second-order valence-electron chi connectivity index (χ2n) is 5.82. The Morgan fingerprint density at radius 3 is 1.38 bits per heavy atom. The van der Waals surface area contributed by atoms with Crippen molar-refractivity contribution in [1.29, 1.82) is 0 Å². The van der Waals surface area contributed by atoms with Gasteiger partial charge in [-0.15, -0.1) is 0 Å². The van der Waals surface area contributed by atoms with Crippen LogP contribution >= 0.6 is 0 Å². The quantitative estimate of drug-likeness (QED) is 0.408. The molecule has 0 atom stereocenters. The Morgan fingerprint density at radius 2 is 1.19 bits per heavy atom. The van der Waals surface area contributed by atoms with E-state index in [1.165, 1.54) is 75.6 Å². The van der Waals surface area contributed by atoms with Crippen LogP contribution < -0.4 is 5.11 Å². The van der Waals surface area contributed by atoms with Crippen molar-refractivity contribution in [2.45, 2.75) is 72.6 Å². The van der Waals surface area contributed by atoms with Gasteiger partial charge in [0.1, 0.15) is 0 Å². The Hall–Kier alpha value is -0.830. The van der Waals surface area contributed by atoms with E-state index in [1.54, 1.807) is 0 Å². The lowest BCUT2D eigenvalue weighted by atomic mass is 10.1. The number of carbonyl (C=O) groups excluding carboxylic acids is 1. The van der Waals surface area contributed by atoms with Crippen LogP contribution in [0.15, 0.2) is 12.7 Å². The van der Waals surface area contributed by atoms with Gasteiger partial charge in [-0.2, -0.15) is 0 Å². The lowest BCUT2D eigenvalue weighted by molar-refractivity contribution is -0.928. The molecule has 0 aliphatic heterocycles. The Morgan fingerprint density at radius 1 is 0.857 bits per heavy atom. The van der Waals surface area contributed by atoms with Gasteiger partial charge in [0.25, 0.3) is 0 Å². The van der Waals surface area contributed by atoms with E-state index in [0.717, 1.165) is 6.08 Å². The zero-order valence-corrected chi connectivity index (χ0v) is 14.8. The summed E-state index contributed by atoms with van der Waals surface area (Å²) in [7, 11) is 0. The molecule has 0 amide bonds. The third-order valence-electron chi connectivity index (χ3n) is 3.82. The van der Waals surface area contributed by atoms with Gasteiger partial charge in [0, 0.05) is 0 Å². The molecule has 0 aliphatic rings. The molecule has 21 heavy (non-hydrogen) atoms. The van der Waals surface area contributed by atoms with Crippen molar-refractivity contribution in [3.05, 3.63) is 12.7 Å². The van der Waals surface area contributed by atoms with Gasteiger partial charge in [0.05, 0.1) is 32.1 Å². The molecule has 3 heteroatoms. The predicted octanol–water partition coefficient (Wildman–Crippen LogP) is 3.54. The molecule has 0 spiro atoms. The van der Waals surface area contributed by atoms with Gasteiger partial charge >= 0.3 is 0 Å². The maximum Gasteiger partial charge on any atom is 0.0786 e. The highest BCUT2D eigenvalue weighted by atomic mass is 16.4. The van der Waals surface area contributed by atoms with Crippen LogP contribution in [0.1, 0.15) is 72.6 Å². The predicted molar refractivity (Wildman–Crippen MR) is 89.9 cm³/mol. The van der Waals surface area contributed by atoms with Crippen molar-refractivity contribution in [1.82, 2.24) is 0 Å². The number of nitrogens with zero attached hydrogens (tertiary/aromatic N) is 1. The summed E-state index contributed by atoms with van der Waals surface area (Å²) < 4.78 is 1.41. The standard InChI is InChI=1S/C15H34N.C3H4O2/c1-5-9-13-16(12-8-4,14-10-6-2)15-11-7-3;1-2-3(4)5/h5-15H2,1-4H3;2H,1H2,(H,4,5)/q+1;/p-1. The fourth-order valence-electron chi connectivity index (χ4n) is 2.63. The topological polar surface area (TPSA) is 40.1 Å². The molecule has 0 aromatic heterocycles. The summed E-state index contributed by atoms with van der Waals surface area (Å²) in [6.07, 6.45) is 10.3. The molecule has 0 unspecified atom stereocenters. The van der Waals surface area contributed by atoms with E-state index in [-0.39, 0.29) is 0 Å². The third-order valence-corrected chi connectivity index (χ3v) is 3.82. The van der Waals surface area contributed by atoms with Gasteiger partial charge < -0.3 is 14.4 Å². The fraction of sp³-hybridized carbons (Fsp3) is 0.833. The number of carboxylic acids is 1. The minimum absolute atomic E-state index is 0.722. The van der Waals surface area contributed by atoms with Crippen LogP contribution in [0.25, 0.3) is 0 Å². The first-order valence-corrected chi connectivity index (χ1v) is 8.70. The van der Waals surface area contributed by atoms with Gasteiger partial charge in [-0.1, -0.05) is 53.5 Å². The van der Waals surface area contributed by atoms with Gasteiger partial charge in [0.15, 0.2) is 0 Å². The summed E-state index contributed by atoms with van der Waals surface area (Å²) in [5, 5.41) is 9.14. The number of carboxylic acid groups (broad SMARTS) is 1. The lowest BCUT2D eigenvalue weighted by Crippen LogP contribution is -2.50. The molecule has 126 valence electrons. The molecular formula is C18H37NO2. The first-order valence-electron chi connectivity index (χ1n) is 8.70. The van der Waals surface area contributed by atoms with Crippen LogP contribution in [0.3, 0.4) is 0 Å². The summed E-state index contributed by atoms with van der Waals surface area (Å²) in [6, 6.07) is 0. The molecule has 0 aliphatic carbocycles. The van der Waals surface area contributed by atoms with Crippen LogP contribution in [-0.2, 0) is 4.79 Å². The number of hydrogen-bond acceptors (Lipinski definition) is 2. The van der Waals surface area contributed by atoms with Crippen molar-refractivity contribution in [2.75, 3.05) is 26.2 Å². The second-order valence-corrected chi connectivity index (χ2v) is 5.82. The van der Waals surface area contributed by atoms with E-state index in [9.17, 15) is 0 Å². The molecular weight excluding hydrogens is 262 g/mol. The van der Waals surface area contributed by atoms with E-state index < -0.39 is 5.97 Å². The third kappa shape index (κ3) is 13.9. The largest absolute Gasteiger partial charge is 0.545 e. The van der Waals surface area contributed by atoms with Gasteiger partial charge in [-0.25, -0.2) is 0 Å². The van der Waals surface area contributed by atoms with E-state index in [4.69, 9.17) is 9.90 Å². The molecule has 0 N–H and O–H groups in total. The smallest absolute Gasteiger partial charge is 0.0786 e. The summed E-state index contributed by atoms with van der Waals surface area (Å²) >= 11 is 0. The summed E-state index contributed by atoms with van der Waals surface area (Å²) in [5.41, 5.74) is 0. The molecule has 0 rings (SSSR count). The number of hydrogen-bond donors (Lipinski definition) is 0. The zero-order valence-electron chi connectivity index (χ0n) is 14.8. The number of unbranched alkanes of at least 4 members (excludes halogenated alkanes) is 3. The molecule has 0 fully saturated rings. The molecule has 0 heterocycles. The van der Waals surface area contributed by atoms with Crippen LogP contribution in [0.4, 0.5) is 0 Å². The maximum absolute atomic E-state index is 9.14. The minimum atomic E-state index is -1.23. The fourth-order valence-corrected chi connectivity index (χ4v) is 2.63. The highest BCUT2D eigenvalue weighted by Crippen LogP contribution is 2.15. The van der Waals surface area contributed by atoms with Gasteiger partial charge in [-0.3, -0.25) is 0 Å². The molecule has 0 aromatic rings. The summed E-state index contributed by atoms with van der Waals surface area (Å²) in [6.45, 7) is 17.9.